The van der Waals surface area contributed by atoms with Crippen molar-refractivity contribution in [1.29, 1.82) is 0 Å². The molecule has 0 aromatic carbocycles. The number of aryl methyl sites for hydroxylation is 1. The highest BCUT2D eigenvalue weighted by Gasteiger charge is 2.32. The van der Waals surface area contributed by atoms with Crippen molar-refractivity contribution in [3.05, 3.63) is 23.4 Å². The third-order valence-electron chi connectivity index (χ3n) is 5.58. The largest absolute Gasteiger partial charge is 0.387 e. The minimum absolute atomic E-state index is 0. The van der Waals surface area contributed by atoms with Crippen molar-refractivity contribution >= 4 is 17.6 Å². The van der Waals surface area contributed by atoms with Gasteiger partial charge in [0.2, 0.25) is 0 Å². The van der Waals surface area contributed by atoms with E-state index in [4.69, 9.17) is 10.5 Å². The second kappa shape index (κ2) is 11.3. The van der Waals surface area contributed by atoms with Crippen LogP contribution in [-0.4, -0.2) is 55.1 Å². The topological polar surface area (TPSA) is 92.8 Å². The van der Waals surface area contributed by atoms with Crippen LogP contribution in [0.15, 0.2) is 17.3 Å². The number of aliphatic imine (C=N–C) groups is 1. The van der Waals surface area contributed by atoms with Gasteiger partial charge < -0.3 is 20.7 Å². The van der Waals surface area contributed by atoms with Crippen LogP contribution in [0.3, 0.4) is 0 Å². The van der Waals surface area contributed by atoms with Crippen LogP contribution in [0.1, 0.15) is 70.7 Å². The molecule has 3 unspecified atom stereocenters. The number of amidine groups is 1. The molecule has 1 fully saturated rings. The van der Waals surface area contributed by atoms with E-state index in [0.717, 1.165) is 31.4 Å². The van der Waals surface area contributed by atoms with Gasteiger partial charge in [0.1, 0.15) is 11.7 Å². The molecule has 0 radical (unpaired) electrons. The van der Waals surface area contributed by atoms with Crippen LogP contribution < -0.4 is 16.0 Å². The molecule has 0 spiro atoms. The number of amides is 1. The fourth-order valence-electron chi connectivity index (χ4n) is 3.92. The number of piperidine rings is 1. The maximum absolute atomic E-state index is 12.7. The fraction of sp³-hybridized carbons (Fsp3) is 0.682. The number of nitrogens with one attached hydrogen (secondary N) is 1. The lowest BCUT2D eigenvalue weighted by Crippen LogP contribution is -2.56. The van der Waals surface area contributed by atoms with Crippen LogP contribution in [0.4, 0.5) is 5.82 Å². The quantitative estimate of drug-likeness (QED) is 0.484. The number of hydrogen-bond acceptors (Lipinski definition) is 5. The van der Waals surface area contributed by atoms with Crippen molar-refractivity contribution < 1.29 is 11.0 Å². The molecule has 1 amide bonds. The summed E-state index contributed by atoms with van der Waals surface area (Å²) in [4.78, 5) is 23.4. The lowest BCUT2D eigenvalue weighted by Gasteiger charge is -2.40. The standard InChI is InChI=1S/C22H37N5O2.H2/c1-6-9-17(8-3)26-19-10-11-27(14-20(19)29-5)21-18(22(28)25-15(4)23)12-16(7-2)13-24-21;/h12-13,17,19-20,26H,6-11,14H2,1-5H3,(H2,23,25,28);1H. The Morgan fingerprint density at radius 1 is 1.48 bits per heavy atom. The number of aromatic nitrogens is 1. The molecule has 7 nitrogen and oxygen atoms in total. The minimum Gasteiger partial charge on any atom is -0.387 e. The highest BCUT2D eigenvalue weighted by atomic mass is 16.5. The molecule has 7 heteroatoms. The molecular weight excluding hydrogens is 366 g/mol. The zero-order valence-corrected chi connectivity index (χ0v) is 18.6. The molecule has 2 rings (SSSR count). The Kier molecular flexibility index (Phi) is 9.04. The first kappa shape index (κ1) is 23.3. The van der Waals surface area contributed by atoms with E-state index >= 15 is 0 Å². The van der Waals surface area contributed by atoms with Gasteiger partial charge in [0.05, 0.1) is 11.7 Å². The second-order valence-corrected chi connectivity index (χ2v) is 7.80. The van der Waals surface area contributed by atoms with E-state index in [1.54, 1.807) is 14.0 Å². The molecule has 1 saturated heterocycles. The Balaban J connectivity index is 0.00000450. The van der Waals surface area contributed by atoms with Crippen molar-refractivity contribution in [3.8, 4) is 0 Å². The normalized spacial score (nSPS) is 21.3. The first-order valence-electron chi connectivity index (χ1n) is 10.8. The molecule has 3 atom stereocenters. The number of methoxy groups -OCH3 is 1. The number of pyridine rings is 1. The summed E-state index contributed by atoms with van der Waals surface area (Å²) >= 11 is 0. The zero-order valence-electron chi connectivity index (χ0n) is 18.6. The van der Waals surface area contributed by atoms with Crippen LogP contribution >= 0.6 is 0 Å². The third kappa shape index (κ3) is 6.24. The molecule has 0 aliphatic carbocycles. The summed E-state index contributed by atoms with van der Waals surface area (Å²) in [5, 5.41) is 3.78. The van der Waals surface area contributed by atoms with Crippen LogP contribution in [0.25, 0.3) is 0 Å². The maximum atomic E-state index is 12.7. The van der Waals surface area contributed by atoms with Gasteiger partial charge in [-0.05, 0) is 44.2 Å². The molecule has 0 bridgehead atoms. The summed E-state index contributed by atoms with van der Waals surface area (Å²) < 4.78 is 5.82. The Bertz CT molecular complexity index is 709. The molecule has 29 heavy (non-hydrogen) atoms. The van der Waals surface area contributed by atoms with Gasteiger partial charge in [0.15, 0.2) is 0 Å². The molecule has 0 saturated carbocycles. The molecule has 3 N–H and O–H groups in total. The number of ether oxygens (including phenoxy) is 1. The van der Waals surface area contributed by atoms with Crippen molar-refractivity contribution in [2.45, 2.75) is 78.0 Å². The molecule has 1 aromatic heterocycles. The highest BCUT2D eigenvalue weighted by molar-refractivity contribution is 6.05. The summed E-state index contributed by atoms with van der Waals surface area (Å²) in [6.07, 6.45) is 7.06. The highest BCUT2D eigenvalue weighted by Crippen LogP contribution is 2.25. The molecule has 2 heterocycles. The van der Waals surface area contributed by atoms with Crippen LogP contribution in [0.5, 0.6) is 0 Å². The number of nitrogens with two attached hydrogens (primary N) is 1. The summed E-state index contributed by atoms with van der Waals surface area (Å²) in [7, 11) is 1.76. The van der Waals surface area contributed by atoms with E-state index in [1.807, 2.05) is 19.2 Å². The van der Waals surface area contributed by atoms with Crippen molar-refractivity contribution in [3.63, 3.8) is 0 Å². The summed E-state index contributed by atoms with van der Waals surface area (Å²) in [5.41, 5.74) is 7.16. The van der Waals surface area contributed by atoms with Crippen molar-refractivity contribution in [1.82, 2.24) is 10.3 Å². The predicted molar refractivity (Wildman–Crippen MR) is 121 cm³/mol. The summed E-state index contributed by atoms with van der Waals surface area (Å²) in [6.45, 7) is 9.59. The average molecular weight is 406 g/mol. The first-order chi connectivity index (χ1) is 13.9. The Morgan fingerprint density at radius 3 is 2.83 bits per heavy atom. The van der Waals surface area contributed by atoms with Crippen LogP contribution in [-0.2, 0) is 11.2 Å². The van der Waals surface area contributed by atoms with E-state index in [9.17, 15) is 4.79 Å². The van der Waals surface area contributed by atoms with Gasteiger partial charge in [-0.1, -0.05) is 27.2 Å². The number of carbonyl (C=O) groups excluding carboxylic acids is 1. The van der Waals surface area contributed by atoms with Gasteiger partial charge >= 0.3 is 0 Å². The smallest absolute Gasteiger partial charge is 0.282 e. The fourth-order valence-corrected chi connectivity index (χ4v) is 3.92. The van der Waals surface area contributed by atoms with E-state index in [1.165, 1.54) is 12.8 Å². The molecular formula is C22H39N5O2. The zero-order chi connectivity index (χ0) is 21.4. The van der Waals surface area contributed by atoms with Crippen molar-refractivity contribution in [2.24, 2.45) is 10.7 Å². The predicted octanol–water partition coefficient (Wildman–Crippen LogP) is 3.17. The Labute approximate surface area is 176 Å². The second-order valence-electron chi connectivity index (χ2n) is 7.80. The molecule has 1 aromatic rings. The summed E-state index contributed by atoms with van der Waals surface area (Å²) in [6, 6.07) is 2.69. The molecule has 1 aliphatic rings. The Hall–Kier alpha value is -1.99. The van der Waals surface area contributed by atoms with E-state index < -0.39 is 0 Å². The maximum Gasteiger partial charge on any atom is 0.282 e. The van der Waals surface area contributed by atoms with E-state index in [-0.39, 0.29) is 19.3 Å². The average Bonchev–Trinajstić information content (AvgIpc) is 2.72. The monoisotopic (exact) mass is 405 g/mol. The third-order valence-corrected chi connectivity index (χ3v) is 5.58. The van der Waals surface area contributed by atoms with Gasteiger partial charge in [-0.15, -0.1) is 0 Å². The van der Waals surface area contributed by atoms with Crippen LogP contribution in [0, 0.1) is 0 Å². The Morgan fingerprint density at radius 2 is 2.24 bits per heavy atom. The van der Waals surface area contributed by atoms with Crippen LogP contribution in [0.2, 0.25) is 0 Å². The molecule has 1 aliphatic heterocycles. The minimum atomic E-state index is -0.342. The number of carbonyl (C=O) groups is 1. The van der Waals surface area contributed by atoms with E-state index in [0.29, 0.717) is 30.0 Å². The van der Waals surface area contributed by atoms with Gasteiger partial charge in [-0.3, -0.25) is 4.79 Å². The van der Waals surface area contributed by atoms with Crippen molar-refractivity contribution in [2.75, 3.05) is 25.1 Å². The number of rotatable bonds is 9. The SMILES string of the molecule is CCCC(CC)NC1CCN(c2ncc(CC)cc2C(=O)N=C(C)N)CC1OC.[HH]. The first-order valence-corrected chi connectivity index (χ1v) is 10.8. The lowest BCUT2D eigenvalue weighted by atomic mass is 9.98. The molecule has 164 valence electrons. The van der Waals surface area contributed by atoms with Gasteiger partial charge in [0, 0.05) is 39.9 Å². The number of anilines is 1. The van der Waals surface area contributed by atoms with Gasteiger partial charge in [-0.2, -0.15) is 4.99 Å². The lowest BCUT2D eigenvalue weighted by molar-refractivity contribution is 0.0547. The number of nitrogens with zero attached hydrogens (tertiary/aromatic N) is 3. The van der Waals surface area contributed by atoms with Gasteiger partial charge in [0.25, 0.3) is 5.91 Å². The van der Waals surface area contributed by atoms with E-state index in [2.05, 4.69) is 34.0 Å². The number of hydrogen-bond donors (Lipinski definition) is 2. The van der Waals surface area contributed by atoms with Gasteiger partial charge in [-0.25, -0.2) is 4.98 Å². The summed E-state index contributed by atoms with van der Waals surface area (Å²) in [5.74, 6) is 0.575.